The summed E-state index contributed by atoms with van der Waals surface area (Å²) in [7, 11) is 4.11. The molecule has 0 bridgehead atoms. The minimum Gasteiger partial charge on any atom is -0.373 e. The van der Waals surface area contributed by atoms with E-state index in [9.17, 15) is 0 Å². The second-order valence-corrected chi connectivity index (χ2v) is 5.71. The molecule has 2 heterocycles. The molecule has 0 unspecified atom stereocenters. The Morgan fingerprint density at radius 3 is 2.78 bits per heavy atom. The Morgan fingerprint density at radius 1 is 1.33 bits per heavy atom. The third-order valence-corrected chi connectivity index (χ3v) is 3.84. The van der Waals surface area contributed by atoms with E-state index in [-0.39, 0.29) is 5.54 Å². The SMILES string of the molecule is CNc1cccc(CN2CCN(C)C(C)(C)C2)n1. The van der Waals surface area contributed by atoms with Crippen LogP contribution in [0.15, 0.2) is 18.2 Å². The molecule has 0 saturated carbocycles. The van der Waals surface area contributed by atoms with Crippen molar-refractivity contribution in [1.29, 1.82) is 0 Å². The first-order valence-electron chi connectivity index (χ1n) is 6.58. The molecule has 18 heavy (non-hydrogen) atoms. The predicted octanol–water partition coefficient (Wildman–Crippen LogP) is 1.65. The quantitative estimate of drug-likeness (QED) is 0.881. The van der Waals surface area contributed by atoms with Gasteiger partial charge in [0.1, 0.15) is 5.82 Å². The van der Waals surface area contributed by atoms with Crippen LogP contribution in [-0.4, -0.2) is 54.1 Å². The molecule has 1 aliphatic heterocycles. The van der Waals surface area contributed by atoms with Gasteiger partial charge in [0, 0.05) is 38.8 Å². The lowest BCUT2D eigenvalue weighted by atomic mass is 9.99. The van der Waals surface area contributed by atoms with Crippen LogP contribution in [0.25, 0.3) is 0 Å². The molecule has 4 nitrogen and oxygen atoms in total. The number of piperazine rings is 1. The van der Waals surface area contributed by atoms with Crippen LogP contribution >= 0.6 is 0 Å². The van der Waals surface area contributed by atoms with Gasteiger partial charge < -0.3 is 5.32 Å². The van der Waals surface area contributed by atoms with Crippen molar-refractivity contribution >= 4 is 5.82 Å². The topological polar surface area (TPSA) is 31.4 Å². The number of nitrogens with one attached hydrogen (secondary N) is 1. The summed E-state index contributed by atoms with van der Waals surface area (Å²) in [6, 6.07) is 6.17. The molecular weight excluding hydrogens is 224 g/mol. The van der Waals surface area contributed by atoms with Gasteiger partial charge in [-0.3, -0.25) is 9.80 Å². The average Bonchev–Trinajstić information content (AvgIpc) is 2.34. The molecule has 1 aromatic rings. The second kappa shape index (κ2) is 5.24. The maximum atomic E-state index is 4.59. The summed E-state index contributed by atoms with van der Waals surface area (Å²) in [5.41, 5.74) is 1.39. The summed E-state index contributed by atoms with van der Waals surface area (Å²) >= 11 is 0. The van der Waals surface area contributed by atoms with Crippen molar-refractivity contribution < 1.29 is 0 Å². The zero-order valence-electron chi connectivity index (χ0n) is 11.9. The van der Waals surface area contributed by atoms with E-state index in [1.807, 2.05) is 13.1 Å². The van der Waals surface area contributed by atoms with Crippen LogP contribution in [0.4, 0.5) is 5.82 Å². The fourth-order valence-corrected chi connectivity index (χ4v) is 2.41. The largest absolute Gasteiger partial charge is 0.373 e. The van der Waals surface area contributed by atoms with Crippen molar-refractivity contribution in [3.63, 3.8) is 0 Å². The summed E-state index contributed by atoms with van der Waals surface area (Å²) in [5, 5.41) is 3.09. The Morgan fingerprint density at radius 2 is 2.11 bits per heavy atom. The number of hydrogen-bond acceptors (Lipinski definition) is 4. The molecule has 1 aliphatic rings. The summed E-state index contributed by atoms with van der Waals surface area (Å²) in [4.78, 5) is 9.51. The number of pyridine rings is 1. The van der Waals surface area contributed by atoms with Gasteiger partial charge in [0.15, 0.2) is 0 Å². The molecule has 0 aromatic carbocycles. The molecule has 0 atom stereocenters. The van der Waals surface area contributed by atoms with Gasteiger partial charge in [-0.2, -0.15) is 0 Å². The molecule has 0 aliphatic carbocycles. The minimum atomic E-state index is 0.249. The van der Waals surface area contributed by atoms with E-state index in [1.165, 1.54) is 0 Å². The van der Waals surface area contributed by atoms with Gasteiger partial charge >= 0.3 is 0 Å². The van der Waals surface area contributed by atoms with Crippen LogP contribution in [0.3, 0.4) is 0 Å². The number of hydrogen-bond donors (Lipinski definition) is 1. The van der Waals surface area contributed by atoms with Gasteiger partial charge in [-0.05, 0) is 33.0 Å². The fourth-order valence-electron chi connectivity index (χ4n) is 2.41. The minimum absolute atomic E-state index is 0.249. The van der Waals surface area contributed by atoms with Crippen molar-refractivity contribution in [3.05, 3.63) is 23.9 Å². The van der Waals surface area contributed by atoms with Gasteiger partial charge in [0.25, 0.3) is 0 Å². The monoisotopic (exact) mass is 248 g/mol. The number of rotatable bonds is 3. The third-order valence-electron chi connectivity index (χ3n) is 3.84. The van der Waals surface area contributed by atoms with Crippen molar-refractivity contribution in [2.75, 3.05) is 39.0 Å². The molecule has 0 amide bonds. The average molecular weight is 248 g/mol. The van der Waals surface area contributed by atoms with E-state index in [0.29, 0.717) is 0 Å². The van der Waals surface area contributed by atoms with Crippen molar-refractivity contribution in [2.45, 2.75) is 25.9 Å². The molecule has 0 spiro atoms. The molecule has 100 valence electrons. The summed E-state index contributed by atoms with van der Waals surface area (Å²) in [6.07, 6.45) is 0. The normalized spacial score (nSPS) is 20.9. The summed E-state index contributed by atoms with van der Waals surface area (Å²) in [5.74, 6) is 0.945. The highest BCUT2D eigenvalue weighted by Gasteiger charge is 2.30. The molecule has 4 heteroatoms. The third kappa shape index (κ3) is 3.00. The van der Waals surface area contributed by atoms with Crippen LogP contribution in [0.1, 0.15) is 19.5 Å². The van der Waals surface area contributed by atoms with Gasteiger partial charge in [-0.15, -0.1) is 0 Å². The second-order valence-electron chi connectivity index (χ2n) is 5.71. The Hall–Kier alpha value is -1.13. The number of likely N-dealkylation sites (N-methyl/N-ethyl adjacent to an activating group) is 1. The highest BCUT2D eigenvalue weighted by Crippen LogP contribution is 2.20. The van der Waals surface area contributed by atoms with Crippen LogP contribution < -0.4 is 5.32 Å². The van der Waals surface area contributed by atoms with E-state index in [2.05, 4.69) is 53.1 Å². The van der Waals surface area contributed by atoms with Gasteiger partial charge in [-0.1, -0.05) is 6.07 Å². The van der Waals surface area contributed by atoms with Crippen LogP contribution in [0.2, 0.25) is 0 Å². The fraction of sp³-hybridized carbons (Fsp3) is 0.643. The highest BCUT2D eigenvalue weighted by molar-refractivity contribution is 5.34. The van der Waals surface area contributed by atoms with Gasteiger partial charge in [0.05, 0.1) is 5.69 Å². The Balaban J connectivity index is 2.01. The molecular formula is C14H24N4. The molecule has 1 fully saturated rings. The van der Waals surface area contributed by atoms with E-state index < -0.39 is 0 Å². The van der Waals surface area contributed by atoms with Crippen molar-refractivity contribution in [2.24, 2.45) is 0 Å². The van der Waals surface area contributed by atoms with Crippen molar-refractivity contribution in [1.82, 2.24) is 14.8 Å². The molecule has 0 radical (unpaired) electrons. The van der Waals surface area contributed by atoms with E-state index >= 15 is 0 Å². The Kier molecular flexibility index (Phi) is 3.88. The predicted molar refractivity (Wildman–Crippen MR) is 75.8 cm³/mol. The smallest absolute Gasteiger partial charge is 0.126 e. The van der Waals surface area contributed by atoms with Crippen LogP contribution in [-0.2, 0) is 6.54 Å². The highest BCUT2D eigenvalue weighted by atomic mass is 15.3. The molecule has 1 saturated heterocycles. The Labute approximate surface area is 110 Å². The standard InChI is InChI=1S/C14H24N4/c1-14(2)11-18(9-8-17(14)4)10-12-6-5-7-13(15-3)16-12/h5-7H,8-11H2,1-4H3,(H,15,16). The number of aromatic nitrogens is 1. The zero-order chi connectivity index (χ0) is 13.2. The lowest BCUT2D eigenvalue weighted by molar-refractivity contribution is 0.0354. The van der Waals surface area contributed by atoms with E-state index in [1.54, 1.807) is 0 Å². The lowest BCUT2D eigenvalue weighted by Crippen LogP contribution is -2.57. The number of anilines is 1. The first-order chi connectivity index (χ1) is 8.51. The zero-order valence-corrected chi connectivity index (χ0v) is 11.9. The van der Waals surface area contributed by atoms with E-state index in [0.717, 1.165) is 37.7 Å². The maximum absolute atomic E-state index is 4.59. The molecule has 1 aromatic heterocycles. The lowest BCUT2D eigenvalue weighted by Gasteiger charge is -2.45. The van der Waals surface area contributed by atoms with Crippen LogP contribution in [0.5, 0.6) is 0 Å². The Bertz CT molecular complexity index is 403. The summed E-state index contributed by atoms with van der Waals surface area (Å²) < 4.78 is 0. The van der Waals surface area contributed by atoms with Crippen LogP contribution in [0, 0.1) is 0 Å². The maximum Gasteiger partial charge on any atom is 0.126 e. The van der Waals surface area contributed by atoms with Crippen molar-refractivity contribution in [3.8, 4) is 0 Å². The molecule has 1 N–H and O–H groups in total. The first-order valence-corrected chi connectivity index (χ1v) is 6.58. The number of nitrogens with zero attached hydrogens (tertiary/aromatic N) is 3. The molecule has 2 rings (SSSR count). The van der Waals surface area contributed by atoms with Gasteiger partial charge in [-0.25, -0.2) is 4.98 Å². The first kappa shape index (κ1) is 13.3. The summed E-state index contributed by atoms with van der Waals surface area (Å²) in [6.45, 7) is 8.87. The van der Waals surface area contributed by atoms with E-state index in [4.69, 9.17) is 0 Å². The van der Waals surface area contributed by atoms with Gasteiger partial charge in [0.2, 0.25) is 0 Å².